The van der Waals surface area contributed by atoms with Gasteiger partial charge < -0.3 is 10.8 Å². The quantitative estimate of drug-likeness (QED) is 0.420. The van der Waals surface area contributed by atoms with Crippen LogP contribution in [0.1, 0.15) is 0 Å². The van der Waals surface area contributed by atoms with E-state index < -0.39 is 0 Å². The van der Waals surface area contributed by atoms with E-state index in [1.54, 1.807) is 12.4 Å². The third kappa shape index (κ3) is 33.9. The fourth-order valence-electron chi connectivity index (χ4n) is 0.313. The maximum absolute atomic E-state index is 7.13. The van der Waals surface area contributed by atoms with Crippen LogP contribution in [0.5, 0.6) is 0 Å². The molecule has 1 aromatic heterocycles. The SMILES string of the molecule is [Cd+2].[N-]=C=S.[N-]=C=S.c1ccncc1. The summed E-state index contributed by atoms with van der Waals surface area (Å²) in [6, 6.07) is 5.72. The number of thiocarbonyl (C=S) groups is 2. The molecule has 0 unspecified atom stereocenters. The van der Waals surface area contributed by atoms with Crippen LogP contribution in [-0.2, 0) is 27.3 Å². The first-order valence-corrected chi connectivity index (χ1v) is 3.52. The molecule has 0 aromatic carbocycles. The van der Waals surface area contributed by atoms with Crippen molar-refractivity contribution in [3.63, 3.8) is 0 Å². The number of isothiocyanates is 2. The normalized spacial score (nSPS) is 4.92. The number of aromatic nitrogens is 1. The Balaban J connectivity index is -0.000000126. The van der Waals surface area contributed by atoms with Gasteiger partial charge in [0.25, 0.3) is 0 Å². The molecule has 0 atom stereocenters. The van der Waals surface area contributed by atoms with Gasteiger partial charge in [0.1, 0.15) is 0 Å². The maximum atomic E-state index is 7.13. The molecule has 0 saturated carbocycles. The van der Waals surface area contributed by atoms with Crippen molar-refractivity contribution < 1.29 is 27.3 Å². The van der Waals surface area contributed by atoms with E-state index in [2.05, 4.69) is 29.4 Å². The predicted octanol–water partition coefficient (Wildman–Crippen LogP) is 2.40. The first kappa shape index (κ1) is 18.5. The average molecular weight is 308 g/mol. The van der Waals surface area contributed by atoms with Gasteiger partial charge in [0.15, 0.2) is 0 Å². The third-order valence-electron chi connectivity index (χ3n) is 0.566. The number of nitrogens with zero attached hydrogens (tertiary/aromatic N) is 3. The van der Waals surface area contributed by atoms with Crippen LogP contribution in [0.4, 0.5) is 0 Å². The Bertz CT molecular complexity index is 202. The van der Waals surface area contributed by atoms with Gasteiger partial charge in [-0.25, -0.2) is 0 Å². The van der Waals surface area contributed by atoms with E-state index in [0.717, 1.165) is 0 Å². The van der Waals surface area contributed by atoms with Crippen molar-refractivity contribution in [1.29, 1.82) is 0 Å². The summed E-state index contributed by atoms with van der Waals surface area (Å²) in [6.07, 6.45) is 3.50. The van der Waals surface area contributed by atoms with E-state index in [9.17, 15) is 0 Å². The maximum Gasteiger partial charge on any atom is 2.00 e. The molecule has 0 aliphatic rings. The van der Waals surface area contributed by atoms with Gasteiger partial charge >= 0.3 is 27.3 Å². The first-order chi connectivity index (χ1) is 5.83. The molecule has 0 aliphatic carbocycles. The molecular weight excluding hydrogens is 303 g/mol. The molecule has 1 rings (SSSR count). The van der Waals surface area contributed by atoms with Crippen molar-refractivity contribution in [1.82, 2.24) is 4.98 Å². The summed E-state index contributed by atoms with van der Waals surface area (Å²) in [5.41, 5.74) is 0. The third-order valence-corrected chi connectivity index (χ3v) is 0.566. The monoisotopic (exact) mass is 309 g/mol. The molecule has 1 aromatic rings. The zero-order chi connectivity index (χ0) is 9.66. The van der Waals surface area contributed by atoms with Crippen LogP contribution >= 0.6 is 24.4 Å². The van der Waals surface area contributed by atoms with Gasteiger partial charge in [0.05, 0.1) is 0 Å². The summed E-state index contributed by atoms with van der Waals surface area (Å²) in [7, 11) is 0. The van der Waals surface area contributed by atoms with Crippen LogP contribution in [0.25, 0.3) is 10.8 Å². The molecule has 0 fully saturated rings. The minimum atomic E-state index is 0. The summed E-state index contributed by atoms with van der Waals surface area (Å²) in [6.45, 7) is 0. The molecule has 0 aliphatic heterocycles. The van der Waals surface area contributed by atoms with Crippen LogP contribution in [0.3, 0.4) is 0 Å². The van der Waals surface area contributed by atoms with Gasteiger partial charge in [-0.05, 0) is 12.1 Å². The molecule has 0 saturated heterocycles. The molecule has 0 spiro atoms. The fourth-order valence-corrected chi connectivity index (χ4v) is 0.313. The zero-order valence-corrected chi connectivity index (χ0v) is 12.4. The second-order valence-electron chi connectivity index (χ2n) is 1.21. The summed E-state index contributed by atoms with van der Waals surface area (Å²) in [4.78, 5) is 3.78. The Kier molecular flexibility index (Phi) is 32.1. The summed E-state index contributed by atoms with van der Waals surface area (Å²) >= 11 is 7.40. The van der Waals surface area contributed by atoms with Gasteiger partial charge in [0.2, 0.25) is 0 Å². The second kappa shape index (κ2) is 22.6. The van der Waals surface area contributed by atoms with E-state index in [-0.39, 0.29) is 27.3 Å². The van der Waals surface area contributed by atoms with Crippen LogP contribution < -0.4 is 0 Å². The van der Waals surface area contributed by atoms with Crippen LogP contribution in [0, 0.1) is 0 Å². The Morgan fingerprint density at radius 2 is 1.23 bits per heavy atom. The Morgan fingerprint density at radius 3 is 1.31 bits per heavy atom. The number of rotatable bonds is 0. The topological polar surface area (TPSA) is 57.5 Å². The molecule has 62 valence electrons. The van der Waals surface area contributed by atoms with Gasteiger partial charge in [0, 0.05) is 12.4 Å². The number of hydrogen-bond acceptors (Lipinski definition) is 3. The van der Waals surface area contributed by atoms with E-state index in [1.165, 1.54) is 10.3 Å². The molecule has 0 bridgehead atoms. The van der Waals surface area contributed by atoms with E-state index >= 15 is 0 Å². The van der Waals surface area contributed by atoms with Gasteiger partial charge in [-0.15, -0.1) is 0 Å². The smallest absolute Gasteiger partial charge is 0.753 e. The van der Waals surface area contributed by atoms with E-state index in [1.807, 2.05) is 18.2 Å². The molecule has 13 heavy (non-hydrogen) atoms. The van der Waals surface area contributed by atoms with Crippen molar-refractivity contribution in [2.24, 2.45) is 0 Å². The Morgan fingerprint density at radius 1 is 0.923 bits per heavy atom. The standard InChI is InChI=1S/C5H5N.2CNS.Cd/c1-2-4-6-5-3-1;2*2-1-3;/h1-5H;;;/q;2*-1;+2. The molecule has 0 radical (unpaired) electrons. The summed E-state index contributed by atoms with van der Waals surface area (Å²) in [5.74, 6) is 0. The zero-order valence-electron chi connectivity index (χ0n) is 6.75. The number of hydrogen-bond donors (Lipinski definition) is 0. The second-order valence-corrected chi connectivity index (χ2v) is 1.57. The largest absolute Gasteiger partial charge is 2.00 e. The molecule has 0 amide bonds. The van der Waals surface area contributed by atoms with Crippen molar-refractivity contribution in [3.05, 3.63) is 41.4 Å². The van der Waals surface area contributed by atoms with Crippen molar-refractivity contribution in [2.45, 2.75) is 0 Å². The summed E-state index contributed by atoms with van der Waals surface area (Å²) < 4.78 is 0. The van der Waals surface area contributed by atoms with Crippen LogP contribution in [-0.4, -0.2) is 15.3 Å². The summed E-state index contributed by atoms with van der Waals surface area (Å²) in [5, 5.41) is 16.9. The molecule has 1 heterocycles. The molecular formula is C7H5CdN3S2. The van der Waals surface area contributed by atoms with Crippen LogP contribution in [0.15, 0.2) is 30.6 Å². The van der Waals surface area contributed by atoms with Crippen molar-refractivity contribution in [2.75, 3.05) is 0 Å². The molecule has 0 N–H and O–H groups in total. The predicted molar refractivity (Wildman–Crippen MR) is 56.2 cm³/mol. The molecule has 6 heteroatoms. The Labute approximate surface area is 108 Å². The van der Waals surface area contributed by atoms with E-state index in [4.69, 9.17) is 10.8 Å². The van der Waals surface area contributed by atoms with Gasteiger partial charge in [-0.1, -0.05) is 30.5 Å². The van der Waals surface area contributed by atoms with Crippen molar-refractivity contribution >= 4 is 34.8 Å². The minimum absolute atomic E-state index is 0. The molecule has 3 nitrogen and oxygen atoms in total. The van der Waals surface area contributed by atoms with Crippen molar-refractivity contribution in [3.8, 4) is 0 Å². The first-order valence-electron chi connectivity index (χ1n) is 2.71. The number of pyridine rings is 1. The average Bonchev–Trinajstić information content (AvgIpc) is 2.10. The minimum Gasteiger partial charge on any atom is -0.753 e. The van der Waals surface area contributed by atoms with E-state index in [0.29, 0.717) is 0 Å². The van der Waals surface area contributed by atoms with Crippen LogP contribution in [0.2, 0.25) is 0 Å². The Hall–Kier alpha value is -0.328. The fraction of sp³-hybridized carbons (Fsp3) is 0. The van der Waals surface area contributed by atoms with Gasteiger partial charge in [-0.3, -0.25) is 4.98 Å². The van der Waals surface area contributed by atoms with Gasteiger partial charge in [-0.2, -0.15) is 10.3 Å².